The number of aliphatic hydroxyl groups excluding tert-OH is 1. The number of likely N-dealkylation sites (tertiary alicyclic amines) is 1. The van der Waals surface area contributed by atoms with Crippen LogP contribution in [0, 0.1) is 5.41 Å². The van der Waals surface area contributed by atoms with E-state index < -0.39 is 29.2 Å². The Bertz CT molecular complexity index is 573. The molecule has 0 spiro atoms. The van der Waals surface area contributed by atoms with E-state index in [1.807, 2.05) is 11.8 Å². The molecule has 24 heavy (non-hydrogen) atoms. The highest BCUT2D eigenvalue weighted by atomic mass is 19.4. The molecule has 2 rings (SSSR count). The van der Waals surface area contributed by atoms with Gasteiger partial charge in [-0.25, -0.2) is 0 Å². The van der Waals surface area contributed by atoms with E-state index in [1.165, 1.54) is 12.1 Å². The Morgan fingerprint density at radius 2 is 1.96 bits per heavy atom. The molecule has 1 fully saturated rings. The molecule has 0 saturated carbocycles. The van der Waals surface area contributed by atoms with Crippen molar-refractivity contribution in [3.05, 3.63) is 35.4 Å². The Labute approximate surface area is 138 Å². The summed E-state index contributed by atoms with van der Waals surface area (Å²) < 4.78 is 37.7. The van der Waals surface area contributed by atoms with Crippen molar-refractivity contribution in [2.45, 2.75) is 45.0 Å². The van der Waals surface area contributed by atoms with Crippen LogP contribution in [0.25, 0.3) is 0 Å². The molecule has 1 heterocycles. The fourth-order valence-corrected chi connectivity index (χ4v) is 3.33. The highest BCUT2D eigenvalue weighted by Crippen LogP contribution is 2.37. The lowest BCUT2D eigenvalue weighted by Gasteiger charge is -2.42. The Morgan fingerprint density at radius 3 is 2.42 bits per heavy atom. The van der Waals surface area contributed by atoms with Gasteiger partial charge in [-0.3, -0.25) is 9.69 Å². The zero-order valence-corrected chi connectivity index (χ0v) is 13.5. The molecule has 2 atom stereocenters. The van der Waals surface area contributed by atoms with Crippen molar-refractivity contribution in [3.8, 4) is 0 Å². The number of β-amino-alcohol motifs (C(OH)–C–C–N with tert-alkyl or cyclic N) is 1. The largest absolute Gasteiger partial charge is 0.481 e. The summed E-state index contributed by atoms with van der Waals surface area (Å²) >= 11 is 0. The summed E-state index contributed by atoms with van der Waals surface area (Å²) in [5.74, 6) is -0.981. The van der Waals surface area contributed by atoms with Crippen LogP contribution in [0.5, 0.6) is 0 Å². The number of nitrogens with zero attached hydrogens (tertiary/aromatic N) is 1. The highest BCUT2D eigenvalue weighted by molar-refractivity contribution is 5.75. The van der Waals surface area contributed by atoms with Gasteiger partial charge in [0.15, 0.2) is 0 Å². The van der Waals surface area contributed by atoms with Gasteiger partial charge in [-0.2, -0.15) is 13.2 Å². The van der Waals surface area contributed by atoms with Gasteiger partial charge in [0, 0.05) is 13.1 Å². The van der Waals surface area contributed by atoms with Crippen molar-refractivity contribution in [3.63, 3.8) is 0 Å². The first-order valence-electron chi connectivity index (χ1n) is 7.99. The minimum atomic E-state index is -4.36. The number of hydrogen-bond acceptors (Lipinski definition) is 3. The minimum Gasteiger partial charge on any atom is -0.481 e. The van der Waals surface area contributed by atoms with E-state index in [9.17, 15) is 28.2 Å². The lowest BCUT2D eigenvalue weighted by molar-refractivity contribution is -0.164. The van der Waals surface area contributed by atoms with Crippen LogP contribution < -0.4 is 0 Å². The van der Waals surface area contributed by atoms with Crippen molar-refractivity contribution < 1.29 is 28.2 Å². The summed E-state index contributed by atoms with van der Waals surface area (Å²) in [6.07, 6.45) is -3.93. The van der Waals surface area contributed by atoms with Crippen LogP contribution >= 0.6 is 0 Å². The molecule has 1 aliphatic rings. The van der Waals surface area contributed by atoms with Gasteiger partial charge < -0.3 is 10.2 Å². The third kappa shape index (κ3) is 3.89. The van der Waals surface area contributed by atoms with Gasteiger partial charge in [0.05, 0.1) is 17.1 Å². The second-order valence-corrected chi connectivity index (χ2v) is 6.41. The highest BCUT2D eigenvalue weighted by Gasteiger charge is 2.47. The van der Waals surface area contributed by atoms with Gasteiger partial charge in [-0.1, -0.05) is 25.5 Å². The number of benzene rings is 1. The monoisotopic (exact) mass is 345 g/mol. The number of carboxylic acids is 1. The predicted molar refractivity (Wildman–Crippen MR) is 82.3 cm³/mol. The number of alkyl halides is 3. The van der Waals surface area contributed by atoms with Gasteiger partial charge in [-0.05, 0) is 37.1 Å². The number of halogens is 3. The maximum Gasteiger partial charge on any atom is 0.416 e. The SMILES string of the molecule is CCC[C@]1(C(=O)O)CCN(Cc2ccc(C(F)(F)F)cc2)CC1O. The van der Waals surface area contributed by atoms with Crippen molar-refractivity contribution in [1.82, 2.24) is 4.90 Å². The first kappa shape index (κ1) is 18.7. The predicted octanol–water partition coefficient (Wildman–Crippen LogP) is 3.14. The fraction of sp³-hybridized carbons (Fsp3) is 0.588. The molecule has 7 heteroatoms. The number of aliphatic carboxylic acids is 1. The molecule has 0 bridgehead atoms. The molecule has 1 saturated heterocycles. The van der Waals surface area contributed by atoms with E-state index >= 15 is 0 Å². The van der Waals surface area contributed by atoms with Crippen molar-refractivity contribution in [1.29, 1.82) is 0 Å². The second kappa shape index (κ2) is 7.11. The fourth-order valence-electron chi connectivity index (χ4n) is 3.33. The second-order valence-electron chi connectivity index (χ2n) is 6.41. The maximum absolute atomic E-state index is 12.6. The summed E-state index contributed by atoms with van der Waals surface area (Å²) in [5, 5.41) is 19.8. The molecule has 4 nitrogen and oxygen atoms in total. The van der Waals surface area contributed by atoms with Crippen LogP contribution in [0.3, 0.4) is 0 Å². The van der Waals surface area contributed by atoms with Crippen molar-refractivity contribution in [2.24, 2.45) is 5.41 Å². The summed E-state index contributed by atoms with van der Waals surface area (Å²) in [6, 6.07) is 4.91. The number of hydrogen-bond donors (Lipinski definition) is 2. The number of piperidine rings is 1. The average molecular weight is 345 g/mol. The van der Waals surface area contributed by atoms with Crippen molar-refractivity contribution in [2.75, 3.05) is 13.1 Å². The normalized spacial score (nSPS) is 25.6. The Kier molecular flexibility index (Phi) is 5.55. The van der Waals surface area contributed by atoms with Crippen LogP contribution in [0.15, 0.2) is 24.3 Å². The van der Waals surface area contributed by atoms with Crippen LogP contribution in [0.1, 0.15) is 37.3 Å². The van der Waals surface area contributed by atoms with E-state index in [-0.39, 0.29) is 6.54 Å². The molecule has 0 aliphatic carbocycles. The van der Waals surface area contributed by atoms with Crippen LogP contribution in [0.4, 0.5) is 13.2 Å². The summed E-state index contributed by atoms with van der Waals surface area (Å²) in [7, 11) is 0. The average Bonchev–Trinajstić information content (AvgIpc) is 2.49. The quantitative estimate of drug-likeness (QED) is 0.861. The van der Waals surface area contributed by atoms with Gasteiger partial charge in [-0.15, -0.1) is 0 Å². The molecular formula is C17H22F3NO3. The molecule has 1 aliphatic heterocycles. The lowest BCUT2D eigenvalue weighted by Crippen LogP contribution is -2.54. The minimum absolute atomic E-state index is 0.202. The zero-order valence-electron chi connectivity index (χ0n) is 13.5. The molecular weight excluding hydrogens is 323 g/mol. The maximum atomic E-state index is 12.6. The van der Waals surface area contributed by atoms with Gasteiger partial charge in [0.1, 0.15) is 0 Å². The van der Waals surface area contributed by atoms with Crippen LogP contribution in [-0.2, 0) is 17.5 Å². The molecule has 0 radical (unpaired) electrons. The Hall–Kier alpha value is -1.60. The number of carboxylic acid groups (broad SMARTS) is 1. The smallest absolute Gasteiger partial charge is 0.416 e. The third-order valence-corrected chi connectivity index (χ3v) is 4.75. The summed E-state index contributed by atoms with van der Waals surface area (Å²) in [4.78, 5) is 13.5. The van der Waals surface area contributed by atoms with E-state index in [0.29, 0.717) is 37.9 Å². The molecule has 1 aromatic rings. The first-order chi connectivity index (χ1) is 11.2. The Balaban J connectivity index is 2.02. The summed E-state index contributed by atoms with van der Waals surface area (Å²) in [6.45, 7) is 2.96. The van der Waals surface area contributed by atoms with Gasteiger partial charge in [0.2, 0.25) is 0 Å². The van der Waals surface area contributed by atoms with Crippen LogP contribution in [0.2, 0.25) is 0 Å². The lowest BCUT2D eigenvalue weighted by atomic mass is 9.73. The molecule has 2 N–H and O–H groups in total. The van der Waals surface area contributed by atoms with E-state index in [4.69, 9.17) is 0 Å². The molecule has 1 aromatic carbocycles. The summed E-state index contributed by atoms with van der Waals surface area (Å²) in [5.41, 5.74) is -1.11. The van der Waals surface area contributed by atoms with Crippen LogP contribution in [-0.4, -0.2) is 40.3 Å². The van der Waals surface area contributed by atoms with Crippen molar-refractivity contribution >= 4 is 5.97 Å². The topological polar surface area (TPSA) is 60.8 Å². The van der Waals surface area contributed by atoms with E-state index in [0.717, 1.165) is 12.1 Å². The zero-order chi connectivity index (χ0) is 18.0. The standard InChI is InChI=1S/C17H22F3NO3/c1-2-7-16(15(23)24)8-9-21(11-14(16)22)10-12-3-5-13(6-4-12)17(18,19)20/h3-6,14,22H,2,7-11H2,1H3,(H,23,24)/t14?,16-/m0/s1. The number of rotatable bonds is 5. The number of aliphatic hydroxyl groups is 1. The van der Waals surface area contributed by atoms with Gasteiger partial charge >= 0.3 is 12.1 Å². The Morgan fingerprint density at radius 1 is 1.33 bits per heavy atom. The molecule has 0 aromatic heterocycles. The molecule has 0 amide bonds. The third-order valence-electron chi connectivity index (χ3n) is 4.75. The number of carbonyl (C=O) groups is 1. The molecule has 134 valence electrons. The van der Waals surface area contributed by atoms with E-state index in [2.05, 4.69) is 0 Å². The van der Waals surface area contributed by atoms with E-state index in [1.54, 1.807) is 0 Å². The molecule has 1 unspecified atom stereocenters. The first-order valence-corrected chi connectivity index (χ1v) is 7.99. The van der Waals surface area contributed by atoms with Gasteiger partial charge in [0.25, 0.3) is 0 Å².